The van der Waals surface area contributed by atoms with Crippen molar-refractivity contribution in [2.45, 2.75) is 19.9 Å². The number of benzene rings is 2. The summed E-state index contributed by atoms with van der Waals surface area (Å²) in [5.74, 6) is 1.73. The molecule has 0 fully saturated rings. The fourth-order valence-electron chi connectivity index (χ4n) is 1.79. The molecule has 0 aliphatic rings. The second-order valence-corrected chi connectivity index (χ2v) is 6.48. The number of hydrogen-bond acceptors (Lipinski definition) is 2. The maximum absolute atomic E-state index is 5.91. The minimum absolute atomic E-state index is 0.847. The van der Waals surface area contributed by atoms with Gasteiger partial charge in [0.15, 0.2) is 0 Å². The van der Waals surface area contributed by atoms with Crippen LogP contribution < -0.4 is 10.1 Å². The van der Waals surface area contributed by atoms with Crippen LogP contribution in [0.3, 0.4) is 0 Å². The van der Waals surface area contributed by atoms with Crippen LogP contribution in [0.15, 0.2) is 46.9 Å². The van der Waals surface area contributed by atoms with Crippen molar-refractivity contribution >= 4 is 38.5 Å². The van der Waals surface area contributed by atoms with Crippen LogP contribution in [0.1, 0.15) is 18.9 Å². The lowest BCUT2D eigenvalue weighted by Crippen LogP contribution is -2.14. The molecule has 20 heavy (non-hydrogen) atoms. The highest BCUT2D eigenvalue weighted by molar-refractivity contribution is 14.1. The topological polar surface area (TPSA) is 21.3 Å². The standard InChI is InChI=1S/C16H17BrINO/c1-2-9-19-11-12-7-8-13(10-14(12)17)20-16-6-4-3-5-15(16)18/h3-8,10,19H,2,9,11H2,1H3. The largest absolute Gasteiger partial charge is 0.456 e. The van der Waals surface area contributed by atoms with E-state index >= 15 is 0 Å². The van der Waals surface area contributed by atoms with Crippen molar-refractivity contribution in [1.29, 1.82) is 0 Å². The molecule has 1 N–H and O–H groups in total. The van der Waals surface area contributed by atoms with E-state index in [1.807, 2.05) is 36.4 Å². The summed E-state index contributed by atoms with van der Waals surface area (Å²) < 4.78 is 8.09. The Morgan fingerprint density at radius 3 is 2.70 bits per heavy atom. The summed E-state index contributed by atoms with van der Waals surface area (Å²) in [7, 11) is 0. The molecule has 0 amide bonds. The van der Waals surface area contributed by atoms with Gasteiger partial charge in [0, 0.05) is 11.0 Å². The third-order valence-corrected chi connectivity index (χ3v) is 4.46. The summed E-state index contributed by atoms with van der Waals surface area (Å²) in [6.45, 7) is 4.07. The first-order chi connectivity index (χ1) is 9.70. The molecule has 0 aliphatic heterocycles. The SMILES string of the molecule is CCCNCc1ccc(Oc2ccccc2I)cc1Br. The van der Waals surface area contributed by atoms with Gasteiger partial charge in [-0.2, -0.15) is 0 Å². The average molecular weight is 446 g/mol. The van der Waals surface area contributed by atoms with Gasteiger partial charge < -0.3 is 10.1 Å². The summed E-state index contributed by atoms with van der Waals surface area (Å²) >= 11 is 5.89. The lowest BCUT2D eigenvalue weighted by molar-refractivity contribution is 0.478. The van der Waals surface area contributed by atoms with Gasteiger partial charge in [0.05, 0.1) is 3.57 Å². The van der Waals surface area contributed by atoms with E-state index in [2.05, 4.69) is 56.8 Å². The summed E-state index contributed by atoms with van der Waals surface area (Å²) in [5, 5.41) is 3.40. The molecule has 0 saturated heterocycles. The summed E-state index contributed by atoms with van der Waals surface area (Å²) in [5.41, 5.74) is 1.24. The lowest BCUT2D eigenvalue weighted by Gasteiger charge is -2.10. The molecule has 4 heteroatoms. The lowest BCUT2D eigenvalue weighted by atomic mass is 10.2. The van der Waals surface area contributed by atoms with E-state index in [9.17, 15) is 0 Å². The molecule has 0 bridgehead atoms. The molecule has 2 nitrogen and oxygen atoms in total. The number of nitrogens with one attached hydrogen (secondary N) is 1. The van der Waals surface area contributed by atoms with E-state index in [0.29, 0.717) is 0 Å². The molecule has 0 heterocycles. The minimum Gasteiger partial charge on any atom is -0.456 e. The molecule has 0 aromatic heterocycles. The normalized spacial score (nSPS) is 10.6. The number of halogens is 2. The van der Waals surface area contributed by atoms with Crippen LogP contribution in [-0.2, 0) is 6.54 Å². The fourth-order valence-corrected chi connectivity index (χ4v) is 2.78. The van der Waals surface area contributed by atoms with Gasteiger partial charge >= 0.3 is 0 Å². The predicted molar refractivity (Wildman–Crippen MR) is 95.4 cm³/mol. The molecule has 0 unspecified atom stereocenters. The molecule has 0 aliphatic carbocycles. The van der Waals surface area contributed by atoms with Crippen molar-refractivity contribution in [3.63, 3.8) is 0 Å². The molecule has 0 saturated carbocycles. The summed E-state index contributed by atoms with van der Waals surface area (Å²) in [6, 6.07) is 14.1. The Morgan fingerprint density at radius 2 is 2.00 bits per heavy atom. The zero-order valence-electron chi connectivity index (χ0n) is 11.3. The van der Waals surface area contributed by atoms with Crippen molar-refractivity contribution in [2.75, 3.05) is 6.54 Å². The highest BCUT2D eigenvalue weighted by Crippen LogP contribution is 2.29. The van der Waals surface area contributed by atoms with Gasteiger partial charge in [-0.05, 0) is 65.4 Å². The highest BCUT2D eigenvalue weighted by atomic mass is 127. The van der Waals surface area contributed by atoms with Crippen LogP contribution in [-0.4, -0.2) is 6.54 Å². The molecule has 106 valence electrons. The Balaban J connectivity index is 2.07. The fraction of sp³-hybridized carbons (Fsp3) is 0.250. The van der Waals surface area contributed by atoms with Crippen LogP contribution in [0.5, 0.6) is 11.5 Å². The van der Waals surface area contributed by atoms with Gasteiger partial charge in [-0.25, -0.2) is 0 Å². The molecule has 0 spiro atoms. The second kappa shape index (κ2) is 8.00. The third-order valence-electron chi connectivity index (χ3n) is 2.83. The Bertz CT molecular complexity index is 574. The molecule has 0 atom stereocenters. The van der Waals surface area contributed by atoms with E-state index < -0.39 is 0 Å². The highest BCUT2D eigenvalue weighted by Gasteiger charge is 2.05. The van der Waals surface area contributed by atoms with E-state index in [1.165, 1.54) is 5.56 Å². The number of ether oxygens (including phenoxy) is 1. The Morgan fingerprint density at radius 1 is 1.20 bits per heavy atom. The minimum atomic E-state index is 0.847. The molecule has 2 aromatic carbocycles. The molecular weight excluding hydrogens is 429 g/mol. The summed E-state index contributed by atoms with van der Waals surface area (Å²) in [6.07, 6.45) is 1.14. The zero-order chi connectivity index (χ0) is 14.4. The maximum atomic E-state index is 5.91. The van der Waals surface area contributed by atoms with Gasteiger partial charge in [-0.3, -0.25) is 0 Å². The van der Waals surface area contributed by atoms with Crippen molar-refractivity contribution in [3.05, 3.63) is 56.1 Å². The smallest absolute Gasteiger partial charge is 0.140 e. The van der Waals surface area contributed by atoms with E-state index in [-0.39, 0.29) is 0 Å². The van der Waals surface area contributed by atoms with E-state index in [0.717, 1.165) is 39.1 Å². The predicted octanol–water partition coefficient (Wildman–Crippen LogP) is 5.35. The van der Waals surface area contributed by atoms with Crippen molar-refractivity contribution in [3.8, 4) is 11.5 Å². The van der Waals surface area contributed by atoms with Crippen LogP contribution in [0.25, 0.3) is 0 Å². The zero-order valence-corrected chi connectivity index (χ0v) is 15.1. The Kier molecular flexibility index (Phi) is 6.32. The van der Waals surface area contributed by atoms with Crippen LogP contribution in [0.2, 0.25) is 0 Å². The van der Waals surface area contributed by atoms with Crippen molar-refractivity contribution < 1.29 is 4.74 Å². The van der Waals surface area contributed by atoms with Gasteiger partial charge in [0.1, 0.15) is 11.5 Å². The Hall–Kier alpha value is -0.590. The molecular formula is C16H17BrINO. The maximum Gasteiger partial charge on any atom is 0.140 e. The first kappa shape index (κ1) is 15.8. The van der Waals surface area contributed by atoms with Gasteiger partial charge in [-0.1, -0.05) is 41.1 Å². The van der Waals surface area contributed by atoms with Gasteiger partial charge in [0.25, 0.3) is 0 Å². The van der Waals surface area contributed by atoms with Crippen LogP contribution >= 0.6 is 38.5 Å². The number of para-hydroxylation sites is 1. The quantitative estimate of drug-likeness (QED) is 0.478. The van der Waals surface area contributed by atoms with Crippen molar-refractivity contribution in [2.24, 2.45) is 0 Å². The van der Waals surface area contributed by atoms with E-state index in [4.69, 9.17) is 4.74 Å². The molecule has 2 aromatic rings. The monoisotopic (exact) mass is 445 g/mol. The molecule has 0 radical (unpaired) electrons. The summed E-state index contributed by atoms with van der Waals surface area (Å²) in [4.78, 5) is 0. The number of hydrogen-bond donors (Lipinski definition) is 1. The number of rotatable bonds is 6. The van der Waals surface area contributed by atoms with Crippen molar-refractivity contribution in [1.82, 2.24) is 5.32 Å². The third kappa shape index (κ3) is 4.46. The van der Waals surface area contributed by atoms with E-state index in [1.54, 1.807) is 0 Å². The Labute approximate surface area is 142 Å². The van der Waals surface area contributed by atoms with Crippen LogP contribution in [0, 0.1) is 3.57 Å². The van der Waals surface area contributed by atoms with Gasteiger partial charge in [-0.15, -0.1) is 0 Å². The van der Waals surface area contributed by atoms with Gasteiger partial charge in [0.2, 0.25) is 0 Å². The first-order valence-corrected chi connectivity index (χ1v) is 8.49. The first-order valence-electron chi connectivity index (χ1n) is 6.62. The molecule has 2 rings (SSSR count). The average Bonchev–Trinajstić information content (AvgIpc) is 2.44. The van der Waals surface area contributed by atoms with Crippen LogP contribution in [0.4, 0.5) is 0 Å². The second-order valence-electron chi connectivity index (χ2n) is 4.46.